The molecule has 0 saturated carbocycles. The summed E-state index contributed by atoms with van der Waals surface area (Å²) in [4.78, 5) is 12.1. The SMILES string of the molecule is CC1OCCC1C(=O)Nc1cc(Br)ccc1C#N. The zero-order valence-corrected chi connectivity index (χ0v) is 11.5. The van der Waals surface area contributed by atoms with Gasteiger partial charge in [-0.05, 0) is 31.5 Å². The van der Waals surface area contributed by atoms with E-state index in [0.717, 1.165) is 10.9 Å². The molecule has 1 amide bonds. The molecule has 0 aliphatic carbocycles. The number of benzene rings is 1. The molecule has 1 aliphatic rings. The molecule has 2 atom stereocenters. The van der Waals surface area contributed by atoms with Crippen LogP contribution in [0.5, 0.6) is 0 Å². The fourth-order valence-electron chi connectivity index (χ4n) is 2.02. The van der Waals surface area contributed by atoms with E-state index in [1.54, 1.807) is 18.2 Å². The monoisotopic (exact) mass is 308 g/mol. The second-order valence-corrected chi connectivity index (χ2v) is 5.18. The summed E-state index contributed by atoms with van der Waals surface area (Å²) in [6.07, 6.45) is 0.658. The van der Waals surface area contributed by atoms with E-state index >= 15 is 0 Å². The molecule has 0 aromatic heterocycles. The molecule has 18 heavy (non-hydrogen) atoms. The Morgan fingerprint density at radius 2 is 2.39 bits per heavy atom. The van der Waals surface area contributed by atoms with Gasteiger partial charge in [-0.3, -0.25) is 4.79 Å². The minimum atomic E-state index is -0.143. The van der Waals surface area contributed by atoms with Gasteiger partial charge in [0.1, 0.15) is 6.07 Å². The van der Waals surface area contributed by atoms with Gasteiger partial charge in [-0.15, -0.1) is 0 Å². The molecule has 0 bridgehead atoms. The summed E-state index contributed by atoms with van der Waals surface area (Å²) >= 11 is 3.33. The lowest BCUT2D eigenvalue weighted by molar-refractivity contribution is -0.121. The maximum Gasteiger partial charge on any atom is 0.230 e. The molecule has 1 aromatic rings. The molecule has 1 N–H and O–H groups in total. The van der Waals surface area contributed by atoms with Crippen molar-refractivity contribution in [3.8, 4) is 6.07 Å². The highest BCUT2D eigenvalue weighted by Crippen LogP contribution is 2.25. The summed E-state index contributed by atoms with van der Waals surface area (Å²) in [5.74, 6) is -0.231. The number of amides is 1. The molecule has 2 unspecified atom stereocenters. The predicted molar refractivity (Wildman–Crippen MR) is 71.0 cm³/mol. The number of nitriles is 1. The Morgan fingerprint density at radius 1 is 1.61 bits per heavy atom. The molecule has 1 aromatic carbocycles. The first-order valence-electron chi connectivity index (χ1n) is 5.74. The highest BCUT2D eigenvalue weighted by atomic mass is 79.9. The topological polar surface area (TPSA) is 62.1 Å². The third-order valence-corrected chi connectivity index (χ3v) is 3.57. The summed E-state index contributed by atoms with van der Waals surface area (Å²) in [5.41, 5.74) is 0.995. The number of nitrogens with one attached hydrogen (secondary N) is 1. The largest absolute Gasteiger partial charge is 0.378 e. The smallest absolute Gasteiger partial charge is 0.230 e. The van der Waals surface area contributed by atoms with Gasteiger partial charge in [0.2, 0.25) is 5.91 Å². The van der Waals surface area contributed by atoms with Crippen LogP contribution in [0.4, 0.5) is 5.69 Å². The lowest BCUT2D eigenvalue weighted by Gasteiger charge is -2.14. The lowest BCUT2D eigenvalue weighted by atomic mass is 10.0. The Kier molecular flexibility index (Phi) is 4.00. The second-order valence-electron chi connectivity index (χ2n) is 4.26. The standard InChI is InChI=1S/C13H13BrN2O2/c1-8-11(4-5-18-8)13(17)16-12-6-10(14)3-2-9(12)7-15/h2-3,6,8,11H,4-5H2,1H3,(H,16,17). The summed E-state index contributed by atoms with van der Waals surface area (Å²) in [7, 11) is 0. The number of anilines is 1. The molecule has 4 nitrogen and oxygen atoms in total. The molecule has 5 heteroatoms. The van der Waals surface area contributed by atoms with Crippen LogP contribution < -0.4 is 5.32 Å². The average Bonchev–Trinajstić information content (AvgIpc) is 2.76. The molecular formula is C13H13BrN2O2. The van der Waals surface area contributed by atoms with Crippen LogP contribution in [0.25, 0.3) is 0 Å². The summed E-state index contributed by atoms with van der Waals surface area (Å²) in [6.45, 7) is 2.51. The molecule has 1 saturated heterocycles. The van der Waals surface area contributed by atoms with Gasteiger partial charge in [-0.1, -0.05) is 15.9 Å². The molecule has 2 rings (SSSR count). The number of halogens is 1. The van der Waals surface area contributed by atoms with Crippen LogP contribution in [-0.4, -0.2) is 18.6 Å². The van der Waals surface area contributed by atoms with Crippen molar-refractivity contribution < 1.29 is 9.53 Å². The maximum absolute atomic E-state index is 12.1. The molecule has 1 heterocycles. The molecular weight excluding hydrogens is 296 g/mol. The minimum absolute atomic E-state index is 0.0670. The quantitative estimate of drug-likeness (QED) is 0.913. The van der Waals surface area contributed by atoms with Crippen molar-refractivity contribution in [2.45, 2.75) is 19.4 Å². The summed E-state index contributed by atoms with van der Waals surface area (Å²) < 4.78 is 6.20. The van der Waals surface area contributed by atoms with E-state index in [-0.39, 0.29) is 17.9 Å². The van der Waals surface area contributed by atoms with Crippen LogP contribution in [0, 0.1) is 17.2 Å². The normalized spacial score (nSPS) is 22.5. The Bertz CT molecular complexity index is 510. The predicted octanol–water partition coefficient (Wildman–Crippen LogP) is 2.68. The number of nitrogens with zero attached hydrogens (tertiary/aromatic N) is 1. The van der Waals surface area contributed by atoms with Crippen molar-refractivity contribution in [3.05, 3.63) is 28.2 Å². The number of ether oxygens (including phenoxy) is 1. The minimum Gasteiger partial charge on any atom is -0.378 e. The van der Waals surface area contributed by atoms with Crippen molar-refractivity contribution in [3.63, 3.8) is 0 Å². The molecule has 1 aliphatic heterocycles. The van der Waals surface area contributed by atoms with Crippen LogP contribution in [0.1, 0.15) is 18.9 Å². The van der Waals surface area contributed by atoms with Crippen molar-refractivity contribution >= 4 is 27.5 Å². The van der Waals surface area contributed by atoms with E-state index in [1.165, 1.54) is 0 Å². The van der Waals surface area contributed by atoms with E-state index in [0.29, 0.717) is 17.9 Å². The first-order chi connectivity index (χ1) is 8.61. The van der Waals surface area contributed by atoms with E-state index in [9.17, 15) is 4.79 Å². The van der Waals surface area contributed by atoms with Gasteiger partial charge in [0, 0.05) is 11.1 Å². The number of hydrogen-bond acceptors (Lipinski definition) is 3. The fraction of sp³-hybridized carbons (Fsp3) is 0.385. The van der Waals surface area contributed by atoms with Crippen LogP contribution in [0.15, 0.2) is 22.7 Å². The first kappa shape index (κ1) is 13.1. The van der Waals surface area contributed by atoms with Gasteiger partial charge in [0.25, 0.3) is 0 Å². The number of hydrogen-bond donors (Lipinski definition) is 1. The van der Waals surface area contributed by atoms with Crippen LogP contribution >= 0.6 is 15.9 Å². The van der Waals surface area contributed by atoms with E-state index < -0.39 is 0 Å². The van der Waals surface area contributed by atoms with Crippen LogP contribution in [-0.2, 0) is 9.53 Å². The summed E-state index contributed by atoms with van der Waals surface area (Å²) in [5, 5.41) is 11.8. The first-order valence-corrected chi connectivity index (χ1v) is 6.53. The fourth-order valence-corrected chi connectivity index (χ4v) is 2.38. The van der Waals surface area contributed by atoms with Gasteiger partial charge in [-0.25, -0.2) is 0 Å². The zero-order valence-electron chi connectivity index (χ0n) is 9.94. The molecule has 0 spiro atoms. The van der Waals surface area contributed by atoms with Gasteiger partial charge >= 0.3 is 0 Å². The molecule has 0 radical (unpaired) electrons. The van der Waals surface area contributed by atoms with Crippen molar-refractivity contribution in [2.75, 3.05) is 11.9 Å². The van der Waals surface area contributed by atoms with E-state index in [4.69, 9.17) is 10.00 Å². The number of carbonyl (C=O) groups excluding carboxylic acids is 1. The van der Waals surface area contributed by atoms with Crippen LogP contribution in [0.3, 0.4) is 0 Å². The van der Waals surface area contributed by atoms with Gasteiger partial charge in [-0.2, -0.15) is 5.26 Å². The third kappa shape index (κ3) is 2.71. The van der Waals surface area contributed by atoms with Crippen molar-refractivity contribution in [1.82, 2.24) is 0 Å². The van der Waals surface area contributed by atoms with Gasteiger partial charge in [0.15, 0.2) is 0 Å². The Balaban J connectivity index is 2.16. The summed E-state index contributed by atoms with van der Waals surface area (Å²) in [6, 6.07) is 7.24. The highest BCUT2D eigenvalue weighted by molar-refractivity contribution is 9.10. The van der Waals surface area contributed by atoms with Crippen molar-refractivity contribution in [1.29, 1.82) is 5.26 Å². The van der Waals surface area contributed by atoms with Gasteiger partial charge in [0.05, 0.1) is 23.3 Å². The van der Waals surface area contributed by atoms with Crippen LogP contribution in [0.2, 0.25) is 0 Å². The second kappa shape index (κ2) is 5.51. The maximum atomic E-state index is 12.1. The Hall–Kier alpha value is -1.38. The zero-order chi connectivity index (χ0) is 13.1. The highest BCUT2D eigenvalue weighted by Gasteiger charge is 2.31. The average molecular weight is 309 g/mol. The Labute approximate surface area is 114 Å². The Morgan fingerprint density at radius 3 is 3.00 bits per heavy atom. The number of rotatable bonds is 2. The molecule has 1 fully saturated rings. The molecule has 94 valence electrons. The number of carbonyl (C=O) groups is 1. The lowest BCUT2D eigenvalue weighted by Crippen LogP contribution is -2.28. The third-order valence-electron chi connectivity index (χ3n) is 3.07. The van der Waals surface area contributed by atoms with E-state index in [1.807, 2.05) is 6.92 Å². The van der Waals surface area contributed by atoms with Gasteiger partial charge < -0.3 is 10.1 Å². The van der Waals surface area contributed by atoms with E-state index in [2.05, 4.69) is 27.3 Å². The van der Waals surface area contributed by atoms with Crippen molar-refractivity contribution in [2.24, 2.45) is 5.92 Å².